The fourth-order valence-electron chi connectivity index (χ4n) is 3.21. The second-order valence-corrected chi connectivity index (χ2v) is 8.14. The van der Waals surface area contributed by atoms with Crippen LogP contribution < -0.4 is 0 Å². The number of aryl methyl sites for hydroxylation is 1. The molecule has 0 amide bonds. The van der Waals surface area contributed by atoms with Crippen molar-refractivity contribution >= 4 is 16.0 Å². The first kappa shape index (κ1) is 17.2. The molecular formula is C13H16F3N3O4S. The third-order valence-electron chi connectivity index (χ3n) is 4.61. The summed E-state index contributed by atoms with van der Waals surface area (Å²) >= 11 is 0. The minimum Gasteiger partial charge on any atom is -0.481 e. The zero-order valence-electron chi connectivity index (χ0n) is 12.7. The molecule has 1 saturated heterocycles. The molecule has 11 heteroatoms. The van der Waals surface area contributed by atoms with Gasteiger partial charge in [0.05, 0.1) is 5.92 Å². The van der Waals surface area contributed by atoms with Gasteiger partial charge in [0.15, 0.2) is 10.7 Å². The van der Waals surface area contributed by atoms with Crippen molar-refractivity contribution in [2.45, 2.75) is 24.0 Å². The van der Waals surface area contributed by atoms with Gasteiger partial charge in [-0.2, -0.15) is 22.6 Å². The quantitative estimate of drug-likeness (QED) is 0.862. The van der Waals surface area contributed by atoms with E-state index in [0.717, 1.165) is 24.2 Å². The summed E-state index contributed by atoms with van der Waals surface area (Å²) < 4.78 is 65.1. The fraction of sp³-hybridized carbons (Fsp3) is 0.692. The van der Waals surface area contributed by atoms with Gasteiger partial charge < -0.3 is 5.11 Å². The fourth-order valence-corrected chi connectivity index (χ4v) is 4.84. The molecule has 2 heterocycles. The van der Waals surface area contributed by atoms with Crippen LogP contribution in [0.1, 0.15) is 18.5 Å². The maximum atomic E-state index is 12.7. The number of hydrogen-bond donors (Lipinski definition) is 1. The van der Waals surface area contributed by atoms with E-state index in [4.69, 9.17) is 0 Å². The molecule has 0 unspecified atom stereocenters. The first-order chi connectivity index (χ1) is 11.0. The first-order valence-corrected chi connectivity index (χ1v) is 8.80. The summed E-state index contributed by atoms with van der Waals surface area (Å²) in [6, 6.07) is 0.482. The molecule has 2 atom stereocenters. The number of sulfonamides is 1. The molecular weight excluding hydrogens is 351 g/mol. The predicted octanol–water partition coefficient (Wildman–Crippen LogP) is 1.17. The Bertz CT molecular complexity index is 770. The van der Waals surface area contributed by atoms with Gasteiger partial charge in [-0.3, -0.25) is 9.48 Å². The number of carboxylic acids is 1. The first-order valence-electron chi connectivity index (χ1n) is 7.36. The summed E-state index contributed by atoms with van der Waals surface area (Å²) in [4.78, 5) is 11.4. The molecule has 3 rings (SSSR count). The predicted molar refractivity (Wildman–Crippen MR) is 74.3 cm³/mol. The van der Waals surface area contributed by atoms with Crippen LogP contribution in [0.15, 0.2) is 11.1 Å². The summed E-state index contributed by atoms with van der Waals surface area (Å²) in [6.07, 6.45) is -3.05. The highest BCUT2D eigenvalue weighted by molar-refractivity contribution is 7.89. The van der Waals surface area contributed by atoms with Crippen molar-refractivity contribution in [3.8, 4) is 0 Å². The number of carbonyl (C=O) groups is 1. The normalized spacial score (nSPS) is 26.0. The zero-order valence-corrected chi connectivity index (χ0v) is 13.5. The smallest absolute Gasteiger partial charge is 0.435 e. The van der Waals surface area contributed by atoms with E-state index in [9.17, 15) is 31.5 Å². The molecule has 0 radical (unpaired) electrons. The lowest BCUT2D eigenvalue weighted by atomic mass is 9.92. The highest BCUT2D eigenvalue weighted by Gasteiger charge is 2.49. The van der Waals surface area contributed by atoms with Crippen LogP contribution in [0.3, 0.4) is 0 Å². The minimum atomic E-state index is -4.75. The third-order valence-corrected chi connectivity index (χ3v) is 6.50. The van der Waals surface area contributed by atoms with E-state index in [0.29, 0.717) is 10.7 Å². The van der Waals surface area contributed by atoms with Gasteiger partial charge in [-0.15, -0.1) is 0 Å². The number of halogens is 3. The Labute approximate surface area is 136 Å². The Kier molecular flexibility index (Phi) is 3.91. The van der Waals surface area contributed by atoms with Crippen LogP contribution in [0, 0.1) is 17.8 Å². The summed E-state index contributed by atoms with van der Waals surface area (Å²) in [5.41, 5.74) is -1.30. The monoisotopic (exact) mass is 367 g/mol. The maximum Gasteiger partial charge on any atom is 0.435 e. The van der Waals surface area contributed by atoms with Crippen molar-refractivity contribution in [1.29, 1.82) is 0 Å². The summed E-state index contributed by atoms with van der Waals surface area (Å²) in [7, 11) is -3.13. The third kappa shape index (κ3) is 2.90. The van der Waals surface area contributed by atoms with Crippen molar-refractivity contribution in [3.05, 3.63) is 11.8 Å². The number of hydrogen-bond acceptors (Lipinski definition) is 4. The highest BCUT2D eigenvalue weighted by Crippen LogP contribution is 2.45. The molecule has 1 N–H and O–H groups in total. The average Bonchev–Trinajstić information content (AvgIpc) is 3.04. The largest absolute Gasteiger partial charge is 0.481 e. The molecule has 1 aromatic rings. The number of aromatic nitrogens is 2. The topological polar surface area (TPSA) is 92.5 Å². The lowest BCUT2D eigenvalue weighted by Gasteiger charge is -2.16. The number of nitrogens with zero attached hydrogens (tertiary/aromatic N) is 3. The Balaban J connectivity index is 1.91. The van der Waals surface area contributed by atoms with E-state index < -0.39 is 38.8 Å². The Morgan fingerprint density at radius 2 is 1.96 bits per heavy atom. The molecule has 0 spiro atoms. The Morgan fingerprint density at radius 1 is 1.33 bits per heavy atom. The van der Waals surface area contributed by atoms with Gasteiger partial charge in [0.25, 0.3) is 10.0 Å². The van der Waals surface area contributed by atoms with Crippen LogP contribution in [0.25, 0.3) is 0 Å². The molecule has 1 aliphatic carbocycles. The second kappa shape index (κ2) is 5.45. The van der Waals surface area contributed by atoms with E-state index in [2.05, 4.69) is 5.10 Å². The van der Waals surface area contributed by atoms with Crippen LogP contribution in [-0.2, 0) is 28.0 Å². The van der Waals surface area contributed by atoms with Crippen molar-refractivity contribution in [2.75, 3.05) is 13.1 Å². The number of rotatable bonds is 4. The number of alkyl halides is 3. The van der Waals surface area contributed by atoms with E-state index in [1.54, 1.807) is 0 Å². The molecule has 1 aromatic heterocycles. The molecule has 0 bridgehead atoms. The van der Waals surface area contributed by atoms with Crippen LogP contribution >= 0.6 is 0 Å². The van der Waals surface area contributed by atoms with Crippen LogP contribution in [0.2, 0.25) is 0 Å². The van der Waals surface area contributed by atoms with Crippen molar-refractivity contribution < 1.29 is 31.5 Å². The molecule has 7 nitrogen and oxygen atoms in total. The summed E-state index contributed by atoms with van der Waals surface area (Å²) in [6.45, 7) is -0.220. The van der Waals surface area contributed by atoms with E-state index in [1.807, 2.05) is 0 Å². The molecule has 1 saturated carbocycles. The minimum absolute atomic E-state index is 0.0104. The van der Waals surface area contributed by atoms with Gasteiger partial charge in [-0.25, -0.2) is 8.42 Å². The van der Waals surface area contributed by atoms with E-state index >= 15 is 0 Å². The molecule has 1 aliphatic heterocycles. The van der Waals surface area contributed by atoms with Gasteiger partial charge >= 0.3 is 12.1 Å². The summed E-state index contributed by atoms with van der Waals surface area (Å²) in [5, 5.41) is 11.9. The van der Waals surface area contributed by atoms with Gasteiger partial charge in [-0.05, 0) is 24.7 Å². The van der Waals surface area contributed by atoms with Crippen LogP contribution in [0.5, 0.6) is 0 Å². The SMILES string of the molecule is Cn1nc(C(F)(F)F)cc1S(=O)(=O)N1C[C@@H](C(=O)O)[C@H](C2CC2)C1. The Hall–Kier alpha value is -1.62. The van der Waals surface area contributed by atoms with Crippen LogP contribution in [-0.4, -0.2) is 46.7 Å². The van der Waals surface area contributed by atoms with Gasteiger partial charge in [0, 0.05) is 26.2 Å². The molecule has 134 valence electrons. The van der Waals surface area contributed by atoms with Crippen molar-refractivity contribution in [2.24, 2.45) is 24.8 Å². The molecule has 0 aromatic carbocycles. The lowest BCUT2D eigenvalue weighted by molar-refractivity contribution is -0.143. The molecule has 2 fully saturated rings. The maximum absolute atomic E-state index is 12.7. The average molecular weight is 367 g/mol. The van der Waals surface area contributed by atoms with Gasteiger partial charge in [-0.1, -0.05) is 0 Å². The lowest BCUT2D eigenvalue weighted by Crippen LogP contribution is -2.31. The Morgan fingerprint density at radius 3 is 2.42 bits per heavy atom. The van der Waals surface area contributed by atoms with Gasteiger partial charge in [0.2, 0.25) is 0 Å². The standard InChI is InChI=1S/C13H16F3N3O4S/c1-18-11(4-10(17-18)13(14,15)16)24(22,23)19-5-8(7-2-3-7)9(6-19)12(20)21/h4,7-9H,2-3,5-6H2,1H3,(H,20,21)/t8-,9+/m0/s1. The molecule has 2 aliphatic rings. The second-order valence-electron chi connectivity index (χ2n) is 6.26. The highest BCUT2D eigenvalue weighted by atomic mass is 32.2. The van der Waals surface area contributed by atoms with Crippen molar-refractivity contribution in [1.82, 2.24) is 14.1 Å². The van der Waals surface area contributed by atoms with Crippen molar-refractivity contribution in [3.63, 3.8) is 0 Å². The van der Waals surface area contributed by atoms with Gasteiger partial charge in [0.1, 0.15) is 0 Å². The van der Waals surface area contributed by atoms with Crippen LogP contribution in [0.4, 0.5) is 13.2 Å². The number of aliphatic carboxylic acids is 1. The molecule has 24 heavy (non-hydrogen) atoms. The summed E-state index contributed by atoms with van der Waals surface area (Å²) in [5.74, 6) is -2.04. The van der Waals surface area contributed by atoms with E-state index in [1.165, 1.54) is 0 Å². The zero-order chi connectivity index (χ0) is 17.9. The number of carboxylic acid groups (broad SMARTS) is 1. The van der Waals surface area contributed by atoms with E-state index in [-0.39, 0.29) is 24.9 Å².